The van der Waals surface area contributed by atoms with Gasteiger partial charge in [-0.3, -0.25) is 9.59 Å². The lowest BCUT2D eigenvalue weighted by Gasteiger charge is -2.18. The molecule has 0 spiro atoms. The van der Waals surface area contributed by atoms with Crippen molar-refractivity contribution in [2.75, 3.05) is 5.32 Å². The Hall–Kier alpha value is -2.73. The van der Waals surface area contributed by atoms with Crippen molar-refractivity contribution in [1.29, 1.82) is 0 Å². The molecular formula is C23H24ClFN2O3. The zero-order chi connectivity index (χ0) is 21.7. The van der Waals surface area contributed by atoms with Crippen LogP contribution in [0.1, 0.15) is 50.7 Å². The van der Waals surface area contributed by atoms with Gasteiger partial charge in [0.25, 0.3) is 12.1 Å². The third-order valence-corrected chi connectivity index (χ3v) is 5.16. The summed E-state index contributed by atoms with van der Waals surface area (Å²) >= 11 is 6.14. The second-order valence-corrected chi connectivity index (χ2v) is 7.64. The molecule has 0 bridgehead atoms. The molecule has 1 aliphatic heterocycles. The second-order valence-electron chi connectivity index (χ2n) is 7.20. The second kappa shape index (κ2) is 9.85. The van der Waals surface area contributed by atoms with E-state index in [1.54, 1.807) is 36.4 Å². The van der Waals surface area contributed by atoms with Gasteiger partial charge in [-0.1, -0.05) is 50.4 Å². The zero-order valence-electron chi connectivity index (χ0n) is 17.0. The van der Waals surface area contributed by atoms with Crippen LogP contribution >= 0.6 is 11.6 Å². The molecule has 1 aliphatic rings. The van der Waals surface area contributed by atoms with Gasteiger partial charge in [-0.05, 0) is 43.2 Å². The van der Waals surface area contributed by atoms with Crippen LogP contribution in [0.25, 0.3) is 0 Å². The summed E-state index contributed by atoms with van der Waals surface area (Å²) in [5, 5.41) is 3.13. The van der Waals surface area contributed by atoms with Gasteiger partial charge < -0.3 is 10.1 Å². The quantitative estimate of drug-likeness (QED) is 0.601. The summed E-state index contributed by atoms with van der Waals surface area (Å²) in [4.78, 5) is 29.9. The van der Waals surface area contributed by atoms with Crippen LogP contribution in [0, 0.1) is 11.7 Å². The van der Waals surface area contributed by atoms with Crippen molar-refractivity contribution >= 4 is 34.9 Å². The highest BCUT2D eigenvalue weighted by molar-refractivity contribution is 6.32. The van der Waals surface area contributed by atoms with E-state index in [4.69, 9.17) is 16.3 Å². The van der Waals surface area contributed by atoms with Gasteiger partial charge in [0, 0.05) is 16.1 Å². The van der Waals surface area contributed by atoms with Gasteiger partial charge in [-0.15, -0.1) is 0 Å². The number of carbonyl (C=O) groups is 2. The summed E-state index contributed by atoms with van der Waals surface area (Å²) in [5.74, 6) is -1.87. The molecule has 0 fully saturated rings. The Labute approximate surface area is 180 Å². The van der Waals surface area contributed by atoms with Crippen LogP contribution in [-0.4, -0.2) is 23.8 Å². The molecule has 1 unspecified atom stereocenters. The van der Waals surface area contributed by atoms with E-state index in [2.05, 4.69) is 10.3 Å². The number of ether oxygens (including phenoxy) is 1. The highest BCUT2D eigenvalue weighted by Crippen LogP contribution is 2.29. The van der Waals surface area contributed by atoms with Gasteiger partial charge in [-0.2, -0.15) is 0 Å². The minimum absolute atomic E-state index is 0.192. The van der Waals surface area contributed by atoms with E-state index < -0.39 is 23.9 Å². The van der Waals surface area contributed by atoms with E-state index in [-0.39, 0.29) is 17.2 Å². The van der Waals surface area contributed by atoms with E-state index in [1.807, 2.05) is 13.8 Å². The van der Waals surface area contributed by atoms with Crippen molar-refractivity contribution in [2.24, 2.45) is 10.9 Å². The molecule has 0 saturated heterocycles. The van der Waals surface area contributed by atoms with Gasteiger partial charge in [0.15, 0.2) is 0 Å². The predicted octanol–water partition coefficient (Wildman–Crippen LogP) is 5.35. The Balaban J connectivity index is 2.04. The van der Waals surface area contributed by atoms with Crippen molar-refractivity contribution in [2.45, 2.75) is 45.8 Å². The maximum absolute atomic E-state index is 14.6. The van der Waals surface area contributed by atoms with Crippen LogP contribution < -0.4 is 5.32 Å². The van der Waals surface area contributed by atoms with Gasteiger partial charge in [0.05, 0.1) is 17.3 Å². The van der Waals surface area contributed by atoms with E-state index in [0.717, 1.165) is 12.8 Å². The number of nitrogens with one attached hydrogen (secondary N) is 1. The molecule has 0 aromatic heterocycles. The molecule has 7 heteroatoms. The number of fused-ring (bicyclic) bond motifs is 1. The Morgan fingerprint density at radius 1 is 1.17 bits per heavy atom. The highest BCUT2D eigenvalue weighted by atomic mass is 35.5. The molecule has 1 atom stereocenters. The Bertz CT molecular complexity index is 971. The molecule has 1 N–H and O–H groups in total. The Kier molecular flexibility index (Phi) is 7.21. The predicted molar refractivity (Wildman–Crippen MR) is 115 cm³/mol. The Morgan fingerprint density at radius 3 is 2.53 bits per heavy atom. The molecule has 0 saturated carbocycles. The third-order valence-electron chi connectivity index (χ3n) is 4.93. The van der Waals surface area contributed by atoms with Gasteiger partial charge in [0.2, 0.25) is 0 Å². The summed E-state index contributed by atoms with van der Waals surface area (Å²) in [6.07, 6.45) is 1.56. The maximum atomic E-state index is 14.6. The summed E-state index contributed by atoms with van der Waals surface area (Å²) < 4.78 is 20.1. The first-order chi connectivity index (χ1) is 14.4. The van der Waals surface area contributed by atoms with Crippen molar-refractivity contribution in [1.82, 2.24) is 0 Å². The number of amides is 1. The van der Waals surface area contributed by atoms with Gasteiger partial charge >= 0.3 is 5.97 Å². The van der Waals surface area contributed by atoms with Crippen LogP contribution in [-0.2, 0) is 14.3 Å². The van der Waals surface area contributed by atoms with Crippen LogP contribution in [0.3, 0.4) is 0 Å². The fraction of sp³-hybridized carbons (Fsp3) is 0.348. The number of carbonyl (C=O) groups excluding carboxylic acids is 2. The van der Waals surface area contributed by atoms with Crippen molar-refractivity contribution in [3.63, 3.8) is 0 Å². The molecule has 0 aliphatic carbocycles. The fourth-order valence-electron chi connectivity index (χ4n) is 3.49. The lowest BCUT2D eigenvalue weighted by atomic mass is 9.99. The topological polar surface area (TPSA) is 67.8 Å². The van der Waals surface area contributed by atoms with Crippen LogP contribution in [0.2, 0.25) is 5.02 Å². The number of hydrogen-bond acceptors (Lipinski definition) is 4. The highest BCUT2D eigenvalue weighted by Gasteiger charge is 2.31. The number of nitrogens with zero attached hydrogens (tertiary/aromatic N) is 1. The first-order valence-corrected chi connectivity index (χ1v) is 10.5. The molecule has 1 heterocycles. The van der Waals surface area contributed by atoms with Crippen molar-refractivity contribution < 1.29 is 18.7 Å². The summed E-state index contributed by atoms with van der Waals surface area (Å²) in [6.45, 7) is 3.98. The lowest BCUT2D eigenvalue weighted by molar-refractivity contribution is -0.158. The fourth-order valence-corrected chi connectivity index (χ4v) is 3.66. The third kappa shape index (κ3) is 4.87. The molecule has 5 nitrogen and oxygen atoms in total. The summed E-state index contributed by atoms with van der Waals surface area (Å²) in [7, 11) is 0. The smallest absolute Gasteiger partial charge is 0.311 e. The number of anilines is 1. The van der Waals surface area contributed by atoms with Crippen LogP contribution in [0.5, 0.6) is 0 Å². The molecule has 2 aromatic carbocycles. The largest absolute Gasteiger partial charge is 0.430 e. The number of benzene rings is 2. The lowest BCUT2D eigenvalue weighted by Crippen LogP contribution is -2.33. The van der Waals surface area contributed by atoms with Crippen molar-refractivity contribution in [3.8, 4) is 0 Å². The average Bonchev–Trinajstić information content (AvgIpc) is 2.85. The number of aliphatic imine (C=N–C) groups is 1. The molecule has 2 aromatic rings. The molecule has 158 valence electrons. The number of rotatable bonds is 7. The molecular weight excluding hydrogens is 407 g/mol. The van der Waals surface area contributed by atoms with Crippen molar-refractivity contribution in [3.05, 3.63) is 64.4 Å². The zero-order valence-corrected chi connectivity index (χ0v) is 17.7. The van der Waals surface area contributed by atoms with E-state index in [9.17, 15) is 14.0 Å². The SMILES string of the molecule is CCCC(CCC)C(=O)OC1N=C(c2ccccc2F)c2cc(Cl)ccc2NC1=O. The van der Waals surface area contributed by atoms with E-state index >= 15 is 0 Å². The van der Waals surface area contributed by atoms with Crippen LogP contribution in [0.4, 0.5) is 10.1 Å². The maximum Gasteiger partial charge on any atom is 0.311 e. The minimum atomic E-state index is -1.42. The number of esters is 1. The van der Waals surface area contributed by atoms with Gasteiger partial charge in [0.1, 0.15) is 5.82 Å². The molecule has 1 amide bonds. The number of halogens is 2. The van der Waals surface area contributed by atoms with Gasteiger partial charge in [-0.25, -0.2) is 9.38 Å². The van der Waals surface area contributed by atoms with E-state index in [1.165, 1.54) is 6.07 Å². The van der Waals surface area contributed by atoms with Crippen LogP contribution in [0.15, 0.2) is 47.5 Å². The Morgan fingerprint density at radius 2 is 1.87 bits per heavy atom. The summed E-state index contributed by atoms with van der Waals surface area (Å²) in [5.41, 5.74) is 1.27. The number of benzodiazepines with no additional fused rings is 1. The standard InChI is InChI=1S/C23H24ClFN2O3/c1-3-7-14(8-4-2)23(29)30-22-21(28)26-19-12-11-15(24)13-17(19)20(27-22)16-9-5-6-10-18(16)25/h5-6,9-14,22H,3-4,7-8H2,1-2H3,(H,26,28). The monoisotopic (exact) mass is 430 g/mol. The molecule has 30 heavy (non-hydrogen) atoms. The average molecular weight is 431 g/mol. The minimum Gasteiger partial charge on any atom is -0.430 e. The normalized spacial score (nSPS) is 15.8. The van der Waals surface area contributed by atoms with E-state index in [0.29, 0.717) is 29.1 Å². The molecule has 3 rings (SSSR count). The summed E-state index contributed by atoms with van der Waals surface area (Å²) in [6, 6.07) is 10.9. The molecule has 0 radical (unpaired) electrons. The first-order valence-electron chi connectivity index (χ1n) is 10.1. The number of hydrogen-bond donors (Lipinski definition) is 1. The first kappa shape index (κ1) is 22.0.